The van der Waals surface area contributed by atoms with Crippen LogP contribution in [0.5, 0.6) is 0 Å². The smallest absolute Gasteiger partial charge is 0.340 e. The molecule has 0 aromatic carbocycles. The molecule has 0 saturated carbocycles. The van der Waals surface area contributed by atoms with Crippen molar-refractivity contribution in [1.82, 2.24) is 9.88 Å². The fourth-order valence-electron chi connectivity index (χ4n) is 2.36. The first-order valence-corrected chi connectivity index (χ1v) is 7.94. The molecule has 8 heteroatoms. The zero-order valence-corrected chi connectivity index (χ0v) is 14.2. The summed E-state index contributed by atoms with van der Waals surface area (Å²) >= 11 is 3.21. The van der Waals surface area contributed by atoms with Gasteiger partial charge in [-0.25, -0.2) is 4.79 Å². The molecular weight excluding hydrogens is 368 g/mol. The Kier molecular flexibility index (Phi) is 6.09. The molecule has 0 N–H and O–H groups in total. The quantitative estimate of drug-likeness (QED) is 0.729. The van der Waals surface area contributed by atoms with Gasteiger partial charge in [-0.1, -0.05) is 0 Å². The Hall–Kier alpha value is -1.96. The normalized spacial score (nSPS) is 15.1. The first kappa shape index (κ1) is 17.4. The van der Waals surface area contributed by atoms with E-state index < -0.39 is 5.97 Å². The number of hydrogen-bond acceptors (Lipinski definition) is 6. The minimum absolute atomic E-state index is 0.167. The largest absolute Gasteiger partial charge is 0.469 e. The molecule has 0 atom stereocenters. The van der Waals surface area contributed by atoms with Crippen molar-refractivity contribution < 1.29 is 23.9 Å². The Bertz CT molecular complexity index is 599. The molecule has 0 radical (unpaired) electrons. The Morgan fingerprint density at radius 2 is 2.00 bits per heavy atom. The third-order valence-corrected chi connectivity index (χ3v) is 4.08. The molecule has 1 saturated heterocycles. The zero-order valence-electron chi connectivity index (χ0n) is 12.7. The number of aromatic nitrogens is 1. The number of pyridine rings is 1. The van der Waals surface area contributed by atoms with Crippen LogP contribution in [0.2, 0.25) is 0 Å². The van der Waals surface area contributed by atoms with Crippen molar-refractivity contribution in [2.75, 3.05) is 26.8 Å². The Morgan fingerprint density at radius 3 is 2.61 bits per heavy atom. The molecule has 23 heavy (non-hydrogen) atoms. The van der Waals surface area contributed by atoms with Crippen LogP contribution >= 0.6 is 15.9 Å². The number of methoxy groups -OCH3 is 1. The summed E-state index contributed by atoms with van der Waals surface area (Å²) in [7, 11) is 1.36. The van der Waals surface area contributed by atoms with E-state index in [2.05, 4.69) is 20.9 Å². The predicted octanol–water partition coefficient (Wildman–Crippen LogP) is 1.41. The van der Waals surface area contributed by atoms with Gasteiger partial charge in [-0.15, -0.1) is 0 Å². The fraction of sp³-hybridized carbons (Fsp3) is 0.467. The van der Waals surface area contributed by atoms with Gasteiger partial charge in [-0.3, -0.25) is 14.6 Å². The van der Waals surface area contributed by atoms with Gasteiger partial charge in [0.1, 0.15) is 0 Å². The average Bonchev–Trinajstić information content (AvgIpc) is 2.58. The molecule has 2 heterocycles. The van der Waals surface area contributed by atoms with Crippen LogP contribution < -0.4 is 0 Å². The third kappa shape index (κ3) is 4.75. The highest BCUT2D eigenvalue weighted by molar-refractivity contribution is 9.10. The number of carbonyl (C=O) groups is 3. The lowest BCUT2D eigenvalue weighted by atomic mass is 9.97. The van der Waals surface area contributed by atoms with Crippen molar-refractivity contribution in [2.45, 2.75) is 12.8 Å². The minimum atomic E-state index is -0.600. The Labute approximate surface area is 142 Å². The van der Waals surface area contributed by atoms with E-state index in [-0.39, 0.29) is 30.0 Å². The molecule has 1 aromatic heterocycles. The molecule has 1 aliphatic heterocycles. The van der Waals surface area contributed by atoms with E-state index in [9.17, 15) is 14.4 Å². The van der Waals surface area contributed by atoms with Crippen molar-refractivity contribution >= 4 is 33.8 Å². The molecule has 0 bridgehead atoms. The number of amides is 1. The monoisotopic (exact) mass is 384 g/mol. The van der Waals surface area contributed by atoms with E-state index in [0.717, 1.165) is 0 Å². The summed E-state index contributed by atoms with van der Waals surface area (Å²) in [6.07, 6.45) is 4.04. The Morgan fingerprint density at radius 1 is 1.30 bits per heavy atom. The van der Waals surface area contributed by atoms with Crippen LogP contribution in [0.15, 0.2) is 22.9 Å². The van der Waals surface area contributed by atoms with Crippen LogP contribution in [0.1, 0.15) is 23.2 Å². The van der Waals surface area contributed by atoms with E-state index in [4.69, 9.17) is 9.47 Å². The number of halogens is 1. The van der Waals surface area contributed by atoms with Crippen molar-refractivity contribution in [3.8, 4) is 0 Å². The van der Waals surface area contributed by atoms with E-state index in [0.29, 0.717) is 30.4 Å². The van der Waals surface area contributed by atoms with Crippen LogP contribution in [-0.4, -0.2) is 54.5 Å². The van der Waals surface area contributed by atoms with Gasteiger partial charge in [-0.05, 0) is 34.8 Å². The fourth-order valence-corrected chi connectivity index (χ4v) is 2.72. The Balaban J connectivity index is 1.79. The number of piperidine rings is 1. The van der Waals surface area contributed by atoms with Crippen LogP contribution in [0, 0.1) is 5.92 Å². The van der Waals surface area contributed by atoms with Gasteiger partial charge in [0.15, 0.2) is 6.61 Å². The number of nitrogens with zero attached hydrogens (tertiary/aromatic N) is 2. The van der Waals surface area contributed by atoms with Crippen molar-refractivity contribution in [1.29, 1.82) is 0 Å². The molecule has 0 aliphatic carbocycles. The van der Waals surface area contributed by atoms with Gasteiger partial charge >= 0.3 is 11.9 Å². The molecule has 0 unspecified atom stereocenters. The summed E-state index contributed by atoms with van der Waals surface area (Å²) in [6, 6.07) is 1.57. The van der Waals surface area contributed by atoms with Gasteiger partial charge in [0.05, 0.1) is 18.6 Å². The molecule has 7 nitrogen and oxygen atoms in total. The van der Waals surface area contributed by atoms with Gasteiger partial charge in [0.25, 0.3) is 5.91 Å². The van der Waals surface area contributed by atoms with E-state index in [1.54, 1.807) is 17.2 Å². The minimum Gasteiger partial charge on any atom is -0.469 e. The number of ether oxygens (including phenoxy) is 2. The maximum atomic E-state index is 12.1. The first-order valence-electron chi connectivity index (χ1n) is 7.14. The third-order valence-electron chi connectivity index (χ3n) is 3.65. The predicted molar refractivity (Wildman–Crippen MR) is 83.5 cm³/mol. The van der Waals surface area contributed by atoms with Crippen molar-refractivity contribution in [2.24, 2.45) is 5.92 Å². The standard InChI is InChI=1S/C15H17BrN2O5/c1-22-14(20)10-2-4-18(5-3-10)13(19)9-23-15(21)11-6-12(16)8-17-7-11/h6-8,10H,2-5,9H2,1H3. The second-order valence-electron chi connectivity index (χ2n) is 5.15. The topological polar surface area (TPSA) is 85.8 Å². The summed E-state index contributed by atoms with van der Waals surface area (Å²) in [5.41, 5.74) is 0.275. The molecule has 1 fully saturated rings. The van der Waals surface area contributed by atoms with Gasteiger partial charge in [-0.2, -0.15) is 0 Å². The number of likely N-dealkylation sites (tertiary alicyclic amines) is 1. The van der Waals surface area contributed by atoms with E-state index >= 15 is 0 Å². The zero-order chi connectivity index (χ0) is 16.8. The van der Waals surface area contributed by atoms with Crippen molar-refractivity contribution in [3.05, 3.63) is 28.5 Å². The van der Waals surface area contributed by atoms with Gasteiger partial charge in [0, 0.05) is 30.0 Å². The SMILES string of the molecule is COC(=O)C1CCN(C(=O)COC(=O)c2cncc(Br)c2)CC1. The summed E-state index contributed by atoms with van der Waals surface area (Å²) in [5, 5.41) is 0. The number of rotatable bonds is 4. The summed E-state index contributed by atoms with van der Waals surface area (Å²) < 4.78 is 10.4. The summed E-state index contributed by atoms with van der Waals surface area (Å²) in [5.74, 6) is -1.29. The summed E-state index contributed by atoms with van der Waals surface area (Å²) in [4.78, 5) is 40.8. The highest BCUT2D eigenvalue weighted by Gasteiger charge is 2.28. The lowest BCUT2D eigenvalue weighted by molar-refractivity contribution is -0.149. The maximum absolute atomic E-state index is 12.1. The van der Waals surface area contributed by atoms with E-state index in [1.807, 2.05) is 0 Å². The molecule has 1 aromatic rings. The molecule has 1 amide bonds. The lowest BCUT2D eigenvalue weighted by Gasteiger charge is -2.30. The first-order chi connectivity index (χ1) is 11.0. The number of carbonyl (C=O) groups excluding carboxylic acids is 3. The molecule has 0 spiro atoms. The van der Waals surface area contributed by atoms with Crippen LogP contribution in [0.4, 0.5) is 0 Å². The average molecular weight is 385 g/mol. The van der Waals surface area contributed by atoms with Crippen LogP contribution in [-0.2, 0) is 19.1 Å². The van der Waals surface area contributed by atoms with Gasteiger partial charge < -0.3 is 14.4 Å². The van der Waals surface area contributed by atoms with Crippen LogP contribution in [0.25, 0.3) is 0 Å². The maximum Gasteiger partial charge on any atom is 0.340 e. The highest BCUT2D eigenvalue weighted by Crippen LogP contribution is 2.18. The molecule has 124 valence electrons. The number of esters is 2. The molecular formula is C15H17BrN2O5. The second kappa shape index (κ2) is 8.05. The highest BCUT2D eigenvalue weighted by atomic mass is 79.9. The van der Waals surface area contributed by atoms with E-state index in [1.165, 1.54) is 13.3 Å². The van der Waals surface area contributed by atoms with Crippen molar-refractivity contribution in [3.63, 3.8) is 0 Å². The molecule has 2 rings (SSSR count). The van der Waals surface area contributed by atoms with Crippen LogP contribution in [0.3, 0.4) is 0 Å². The molecule has 1 aliphatic rings. The van der Waals surface area contributed by atoms with Gasteiger partial charge in [0.2, 0.25) is 0 Å². The lowest BCUT2D eigenvalue weighted by Crippen LogP contribution is -2.42. The number of hydrogen-bond donors (Lipinski definition) is 0. The summed E-state index contributed by atoms with van der Waals surface area (Å²) in [6.45, 7) is 0.581. The second-order valence-corrected chi connectivity index (χ2v) is 6.06.